The van der Waals surface area contributed by atoms with E-state index in [2.05, 4.69) is 10.4 Å². The van der Waals surface area contributed by atoms with Gasteiger partial charge in [0.2, 0.25) is 0 Å². The number of nitrogens with one attached hydrogen (secondary N) is 1. The van der Waals surface area contributed by atoms with E-state index in [1.807, 2.05) is 0 Å². The smallest absolute Gasteiger partial charge is 0.275 e. The zero-order valence-corrected chi connectivity index (χ0v) is 14.6. The number of aryl methyl sites for hydroxylation is 1. The summed E-state index contributed by atoms with van der Waals surface area (Å²) in [6.07, 6.45) is 2.95. The van der Waals surface area contributed by atoms with Gasteiger partial charge in [-0.15, -0.1) is 0 Å². The van der Waals surface area contributed by atoms with Crippen LogP contribution in [0.15, 0.2) is 54.9 Å². The van der Waals surface area contributed by atoms with Crippen LogP contribution in [-0.2, 0) is 7.05 Å². The molecular weight excluding hydrogens is 352 g/mol. The molecule has 1 amide bonds. The topological polar surface area (TPSA) is 109 Å². The lowest BCUT2D eigenvalue weighted by molar-refractivity contribution is -0.384. The van der Waals surface area contributed by atoms with E-state index in [1.165, 1.54) is 29.1 Å². The molecule has 3 aromatic rings. The Bertz CT molecular complexity index is 982. The molecular formula is C18H16N4O5. The largest absolute Gasteiger partial charge is 0.497 e. The number of hydrogen-bond acceptors (Lipinski definition) is 6. The van der Waals surface area contributed by atoms with Crippen molar-refractivity contribution in [3.05, 3.63) is 70.5 Å². The third-order valence-electron chi connectivity index (χ3n) is 3.62. The summed E-state index contributed by atoms with van der Waals surface area (Å²) in [4.78, 5) is 22.9. The number of rotatable bonds is 6. The molecule has 0 aliphatic carbocycles. The summed E-state index contributed by atoms with van der Waals surface area (Å²) in [5.74, 6) is 0.918. The molecule has 138 valence electrons. The molecule has 0 saturated carbocycles. The molecule has 1 aromatic heterocycles. The number of anilines is 1. The molecule has 0 unspecified atom stereocenters. The van der Waals surface area contributed by atoms with Crippen molar-refractivity contribution in [2.45, 2.75) is 0 Å². The second-order valence-electron chi connectivity index (χ2n) is 5.61. The summed E-state index contributed by atoms with van der Waals surface area (Å²) in [7, 11) is 3.23. The number of carbonyl (C=O) groups is 1. The average molecular weight is 368 g/mol. The number of aromatic nitrogens is 2. The molecule has 27 heavy (non-hydrogen) atoms. The SMILES string of the molecule is COc1ccc(Oc2cc(NC(=O)c3cnn(C)c3)cc([N+](=O)[O-])c2)cc1. The van der Waals surface area contributed by atoms with Crippen LogP contribution in [0.3, 0.4) is 0 Å². The summed E-state index contributed by atoms with van der Waals surface area (Å²) in [6, 6.07) is 10.8. The van der Waals surface area contributed by atoms with Crippen LogP contribution < -0.4 is 14.8 Å². The number of nitro groups is 1. The number of ether oxygens (including phenoxy) is 2. The molecule has 0 saturated heterocycles. The highest BCUT2D eigenvalue weighted by Crippen LogP contribution is 2.30. The first-order chi connectivity index (χ1) is 12.9. The molecule has 9 heteroatoms. The molecule has 2 aromatic carbocycles. The van der Waals surface area contributed by atoms with Crippen LogP contribution in [0.2, 0.25) is 0 Å². The van der Waals surface area contributed by atoms with Gasteiger partial charge in [0.15, 0.2) is 0 Å². The zero-order chi connectivity index (χ0) is 19.4. The van der Waals surface area contributed by atoms with Crippen molar-refractivity contribution in [1.29, 1.82) is 0 Å². The Kier molecular flexibility index (Phi) is 5.02. The maximum Gasteiger partial charge on any atom is 0.275 e. The van der Waals surface area contributed by atoms with Crippen molar-refractivity contribution >= 4 is 17.3 Å². The van der Waals surface area contributed by atoms with E-state index in [0.717, 1.165) is 0 Å². The van der Waals surface area contributed by atoms with Crippen molar-refractivity contribution in [3.63, 3.8) is 0 Å². The number of nitro benzene ring substituents is 1. The maximum absolute atomic E-state index is 12.3. The van der Waals surface area contributed by atoms with E-state index < -0.39 is 10.8 Å². The molecule has 0 radical (unpaired) electrons. The van der Waals surface area contributed by atoms with Gasteiger partial charge in [-0.1, -0.05) is 0 Å². The predicted molar refractivity (Wildman–Crippen MR) is 97.3 cm³/mol. The van der Waals surface area contributed by atoms with Crippen LogP contribution >= 0.6 is 0 Å². The van der Waals surface area contributed by atoms with Gasteiger partial charge in [-0.05, 0) is 24.3 Å². The lowest BCUT2D eigenvalue weighted by atomic mass is 10.2. The van der Waals surface area contributed by atoms with E-state index in [0.29, 0.717) is 17.1 Å². The third kappa shape index (κ3) is 4.40. The molecule has 0 spiro atoms. The molecule has 1 N–H and O–H groups in total. The predicted octanol–water partition coefficient (Wildman–Crippen LogP) is 3.38. The van der Waals surface area contributed by atoms with Gasteiger partial charge in [0.1, 0.15) is 17.2 Å². The van der Waals surface area contributed by atoms with Crippen molar-refractivity contribution in [1.82, 2.24) is 9.78 Å². The van der Waals surface area contributed by atoms with Crippen LogP contribution in [0.4, 0.5) is 11.4 Å². The second kappa shape index (κ2) is 7.56. The minimum atomic E-state index is -0.555. The van der Waals surface area contributed by atoms with Gasteiger partial charge in [-0.25, -0.2) is 0 Å². The van der Waals surface area contributed by atoms with E-state index in [4.69, 9.17) is 9.47 Å². The Morgan fingerprint density at radius 1 is 1.15 bits per heavy atom. The lowest BCUT2D eigenvalue weighted by Crippen LogP contribution is -2.11. The summed E-state index contributed by atoms with van der Waals surface area (Å²) >= 11 is 0. The van der Waals surface area contributed by atoms with Crippen molar-refractivity contribution in [2.75, 3.05) is 12.4 Å². The molecule has 0 atom stereocenters. The van der Waals surface area contributed by atoms with E-state index in [-0.39, 0.29) is 17.1 Å². The first kappa shape index (κ1) is 17.9. The van der Waals surface area contributed by atoms with Crippen LogP contribution in [0, 0.1) is 10.1 Å². The van der Waals surface area contributed by atoms with Gasteiger partial charge >= 0.3 is 0 Å². The Hall–Kier alpha value is -3.88. The molecule has 0 aliphatic heterocycles. The molecule has 3 rings (SSSR count). The van der Waals surface area contributed by atoms with Gasteiger partial charge < -0.3 is 14.8 Å². The van der Waals surface area contributed by atoms with Crippen molar-refractivity contribution in [3.8, 4) is 17.2 Å². The Balaban J connectivity index is 1.85. The molecule has 0 bridgehead atoms. The van der Waals surface area contributed by atoms with Gasteiger partial charge in [-0.3, -0.25) is 19.6 Å². The van der Waals surface area contributed by atoms with Gasteiger partial charge in [0.05, 0.1) is 35.5 Å². The number of carbonyl (C=O) groups excluding carboxylic acids is 1. The fourth-order valence-electron chi connectivity index (χ4n) is 2.34. The van der Waals surface area contributed by atoms with E-state index in [1.54, 1.807) is 44.6 Å². The molecule has 1 heterocycles. The average Bonchev–Trinajstić information content (AvgIpc) is 3.09. The van der Waals surface area contributed by atoms with Crippen LogP contribution in [-0.4, -0.2) is 27.7 Å². The third-order valence-corrected chi connectivity index (χ3v) is 3.62. The monoisotopic (exact) mass is 368 g/mol. The van der Waals surface area contributed by atoms with Crippen molar-refractivity contribution < 1.29 is 19.2 Å². The van der Waals surface area contributed by atoms with Gasteiger partial charge in [0, 0.05) is 25.4 Å². The van der Waals surface area contributed by atoms with Gasteiger partial charge in [0.25, 0.3) is 11.6 Å². The van der Waals surface area contributed by atoms with Gasteiger partial charge in [-0.2, -0.15) is 5.10 Å². The number of hydrogen-bond donors (Lipinski definition) is 1. The lowest BCUT2D eigenvalue weighted by Gasteiger charge is -2.09. The summed E-state index contributed by atoms with van der Waals surface area (Å²) in [5.41, 5.74) is 0.366. The quantitative estimate of drug-likeness (QED) is 0.528. The van der Waals surface area contributed by atoms with E-state index >= 15 is 0 Å². The highest BCUT2D eigenvalue weighted by atomic mass is 16.6. The maximum atomic E-state index is 12.3. The Labute approximate surface area is 154 Å². The first-order valence-corrected chi connectivity index (χ1v) is 7.86. The highest BCUT2D eigenvalue weighted by molar-refractivity contribution is 6.04. The number of nitrogens with zero attached hydrogens (tertiary/aromatic N) is 3. The number of amides is 1. The second-order valence-corrected chi connectivity index (χ2v) is 5.61. The zero-order valence-electron chi connectivity index (χ0n) is 14.6. The van der Waals surface area contributed by atoms with Crippen LogP contribution in [0.1, 0.15) is 10.4 Å². The number of benzene rings is 2. The first-order valence-electron chi connectivity index (χ1n) is 7.86. The fourth-order valence-corrected chi connectivity index (χ4v) is 2.34. The van der Waals surface area contributed by atoms with Crippen molar-refractivity contribution in [2.24, 2.45) is 7.05 Å². The Morgan fingerprint density at radius 2 is 1.85 bits per heavy atom. The number of non-ortho nitro benzene ring substituents is 1. The highest BCUT2D eigenvalue weighted by Gasteiger charge is 2.15. The Morgan fingerprint density at radius 3 is 2.44 bits per heavy atom. The summed E-state index contributed by atoms with van der Waals surface area (Å²) in [5, 5.41) is 17.7. The standard InChI is InChI=1S/C18H16N4O5/c1-21-11-12(10-19-21)18(23)20-13-7-14(22(24)25)9-17(8-13)27-16-5-3-15(26-2)4-6-16/h3-11H,1-2H3,(H,20,23). The van der Waals surface area contributed by atoms with Crippen LogP contribution in [0.5, 0.6) is 17.2 Å². The van der Waals surface area contributed by atoms with E-state index in [9.17, 15) is 14.9 Å². The number of methoxy groups -OCH3 is 1. The molecule has 0 fully saturated rings. The minimum Gasteiger partial charge on any atom is -0.497 e. The molecule has 0 aliphatic rings. The summed E-state index contributed by atoms with van der Waals surface area (Å²) in [6.45, 7) is 0. The van der Waals surface area contributed by atoms with Crippen LogP contribution in [0.25, 0.3) is 0 Å². The fraction of sp³-hybridized carbons (Fsp3) is 0.111. The minimum absolute atomic E-state index is 0.206. The normalized spacial score (nSPS) is 10.3. The summed E-state index contributed by atoms with van der Waals surface area (Å²) < 4.78 is 12.2. The molecule has 9 nitrogen and oxygen atoms in total.